The molecular formula is C9H13ClN2O3S. The molecule has 90 valence electrons. The van der Waals surface area contributed by atoms with Gasteiger partial charge < -0.3 is 4.84 Å². The number of benzene rings is 1. The molecule has 5 nitrogen and oxygen atoms in total. The minimum absolute atomic E-state index is 0.117. The summed E-state index contributed by atoms with van der Waals surface area (Å²) in [6.07, 6.45) is 0. The normalized spacial score (nSPS) is 11.7. The highest BCUT2D eigenvalue weighted by Crippen LogP contribution is 2.19. The Kier molecular flexibility index (Phi) is 4.69. The predicted molar refractivity (Wildman–Crippen MR) is 61.5 cm³/mol. The van der Waals surface area contributed by atoms with Gasteiger partial charge >= 0.3 is 0 Å². The van der Waals surface area contributed by atoms with Crippen LogP contribution in [0.2, 0.25) is 5.02 Å². The molecule has 0 heterocycles. The summed E-state index contributed by atoms with van der Waals surface area (Å²) < 4.78 is 25.8. The van der Waals surface area contributed by atoms with Crippen molar-refractivity contribution < 1.29 is 13.3 Å². The van der Waals surface area contributed by atoms with Gasteiger partial charge in [0.2, 0.25) is 10.0 Å². The molecular weight excluding hydrogens is 252 g/mol. The van der Waals surface area contributed by atoms with Gasteiger partial charge in [0.15, 0.2) is 0 Å². The van der Waals surface area contributed by atoms with Crippen LogP contribution in [0, 0.1) is 6.92 Å². The Morgan fingerprint density at radius 2 is 2.19 bits per heavy atom. The van der Waals surface area contributed by atoms with Gasteiger partial charge in [-0.2, -0.15) is 0 Å². The first kappa shape index (κ1) is 13.4. The molecule has 0 atom stereocenters. The zero-order chi connectivity index (χ0) is 12.2. The lowest BCUT2D eigenvalue weighted by Crippen LogP contribution is -2.28. The van der Waals surface area contributed by atoms with Gasteiger partial charge in [0.05, 0.1) is 11.5 Å². The molecule has 0 unspecified atom stereocenters. The van der Waals surface area contributed by atoms with E-state index >= 15 is 0 Å². The van der Waals surface area contributed by atoms with Gasteiger partial charge in [0.1, 0.15) is 0 Å². The molecule has 7 heteroatoms. The highest BCUT2D eigenvalue weighted by atomic mass is 35.5. The Morgan fingerprint density at radius 3 is 2.75 bits per heavy atom. The predicted octanol–water partition coefficient (Wildman–Crippen LogP) is 0.817. The standard InChI is InChI=1S/C9H13ClN2O3S/c1-7-6-8(2-3-9(7)10)16(13,14)12-4-5-15-11/h2-3,6,12H,4-5,11H2,1H3. The van der Waals surface area contributed by atoms with E-state index in [2.05, 4.69) is 9.56 Å². The van der Waals surface area contributed by atoms with Crippen LogP contribution in [0.5, 0.6) is 0 Å². The lowest BCUT2D eigenvalue weighted by Gasteiger charge is -2.07. The van der Waals surface area contributed by atoms with E-state index in [4.69, 9.17) is 17.5 Å². The molecule has 0 aliphatic rings. The van der Waals surface area contributed by atoms with E-state index in [-0.39, 0.29) is 18.0 Å². The summed E-state index contributed by atoms with van der Waals surface area (Å²) in [6, 6.07) is 4.50. The van der Waals surface area contributed by atoms with Crippen molar-refractivity contribution in [3.63, 3.8) is 0 Å². The second-order valence-corrected chi connectivity index (χ2v) is 5.35. The summed E-state index contributed by atoms with van der Waals surface area (Å²) >= 11 is 5.81. The number of hydrogen-bond acceptors (Lipinski definition) is 4. The van der Waals surface area contributed by atoms with Crippen LogP contribution < -0.4 is 10.6 Å². The van der Waals surface area contributed by atoms with E-state index in [1.54, 1.807) is 13.0 Å². The van der Waals surface area contributed by atoms with Crippen LogP contribution in [0.4, 0.5) is 0 Å². The molecule has 0 amide bonds. The van der Waals surface area contributed by atoms with Crippen LogP contribution in [-0.4, -0.2) is 21.6 Å². The fourth-order valence-corrected chi connectivity index (χ4v) is 2.32. The van der Waals surface area contributed by atoms with Crippen LogP contribution in [0.1, 0.15) is 5.56 Å². The van der Waals surface area contributed by atoms with Gasteiger partial charge in [-0.25, -0.2) is 19.0 Å². The largest absolute Gasteiger partial charge is 0.303 e. The van der Waals surface area contributed by atoms with E-state index in [1.807, 2.05) is 0 Å². The van der Waals surface area contributed by atoms with E-state index in [0.29, 0.717) is 10.6 Å². The van der Waals surface area contributed by atoms with Gasteiger partial charge in [0, 0.05) is 11.6 Å². The topological polar surface area (TPSA) is 81.4 Å². The van der Waals surface area contributed by atoms with Crippen molar-refractivity contribution >= 4 is 21.6 Å². The van der Waals surface area contributed by atoms with Crippen LogP contribution in [0.3, 0.4) is 0 Å². The molecule has 0 aliphatic carbocycles. The third-order valence-electron chi connectivity index (χ3n) is 1.95. The molecule has 1 aromatic rings. The summed E-state index contributed by atoms with van der Waals surface area (Å²) in [5.74, 6) is 4.79. The van der Waals surface area contributed by atoms with Gasteiger partial charge in [-0.3, -0.25) is 0 Å². The zero-order valence-electron chi connectivity index (χ0n) is 8.73. The first-order chi connectivity index (χ1) is 7.47. The summed E-state index contributed by atoms with van der Waals surface area (Å²) in [4.78, 5) is 4.44. The van der Waals surface area contributed by atoms with E-state index in [9.17, 15) is 8.42 Å². The SMILES string of the molecule is Cc1cc(S(=O)(=O)NCCON)ccc1Cl. The number of nitrogens with one attached hydrogen (secondary N) is 1. The Balaban J connectivity index is 2.86. The summed E-state index contributed by atoms with van der Waals surface area (Å²) in [7, 11) is -3.52. The number of rotatable bonds is 5. The number of halogens is 1. The van der Waals surface area contributed by atoms with Gasteiger partial charge in [-0.1, -0.05) is 11.6 Å². The fourth-order valence-electron chi connectivity index (χ4n) is 1.10. The first-order valence-electron chi connectivity index (χ1n) is 4.55. The number of aryl methyl sites for hydroxylation is 1. The maximum Gasteiger partial charge on any atom is 0.240 e. The molecule has 0 saturated heterocycles. The molecule has 0 fully saturated rings. The number of nitrogens with two attached hydrogens (primary N) is 1. The number of hydrogen-bond donors (Lipinski definition) is 2. The Bertz CT molecular complexity index is 462. The maximum absolute atomic E-state index is 11.7. The molecule has 1 aromatic carbocycles. The molecule has 0 radical (unpaired) electrons. The number of sulfonamides is 1. The fraction of sp³-hybridized carbons (Fsp3) is 0.333. The minimum Gasteiger partial charge on any atom is -0.303 e. The average molecular weight is 265 g/mol. The monoisotopic (exact) mass is 264 g/mol. The van der Waals surface area contributed by atoms with E-state index in [1.165, 1.54) is 12.1 Å². The molecule has 0 saturated carbocycles. The van der Waals surface area contributed by atoms with Crippen molar-refractivity contribution in [2.75, 3.05) is 13.2 Å². The summed E-state index contributed by atoms with van der Waals surface area (Å²) in [5.41, 5.74) is 0.708. The van der Waals surface area contributed by atoms with Gasteiger partial charge in [0.25, 0.3) is 0 Å². The van der Waals surface area contributed by atoms with Gasteiger partial charge in [-0.15, -0.1) is 0 Å². The molecule has 0 aliphatic heterocycles. The quantitative estimate of drug-likeness (QED) is 0.609. The van der Waals surface area contributed by atoms with Crippen LogP contribution >= 0.6 is 11.6 Å². The zero-order valence-corrected chi connectivity index (χ0v) is 10.3. The first-order valence-corrected chi connectivity index (χ1v) is 6.41. The Morgan fingerprint density at radius 1 is 1.50 bits per heavy atom. The minimum atomic E-state index is -3.52. The molecule has 0 bridgehead atoms. The molecule has 1 rings (SSSR count). The smallest absolute Gasteiger partial charge is 0.240 e. The average Bonchev–Trinajstić information content (AvgIpc) is 2.22. The van der Waals surface area contributed by atoms with Crippen molar-refractivity contribution in [2.24, 2.45) is 5.90 Å². The molecule has 3 N–H and O–H groups in total. The molecule has 0 spiro atoms. The van der Waals surface area contributed by atoms with E-state index in [0.717, 1.165) is 0 Å². The highest BCUT2D eigenvalue weighted by Gasteiger charge is 2.13. The van der Waals surface area contributed by atoms with Crippen molar-refractivity contribution in [1.29, 1.82) is 0 Å². The summed E-state index contributed by atoms with van der Waals surface area (Å²) in [6.45, 7) is 1.98. The van der Waals surface area contributed by atoms with Crippen molar-refractivity contribution in [1.82, 2.24) is 4.72 Å². The van der Waals surface area contributed by atoms with Crippen LogP contribution in [-0.2, 0) is 14.9 Å². The van der Waals surface area contributed by atoms with Crippen LogP contribution in [0.15, 0.2) is 23.1 Å². The van der Waals surface area contributed by atoms with Crippen molar-refractivity contribution in [3.05, 3.63) is 28.8 Å². The second kappa shape index (κ2) is 5.60. The molecule has 16 heavy (non-hydrogen) atoms. The van der Waals surface area contributed by atoms with Crippen molar-refractivity contribution in [3.8, 4) is 0 Å². The second-order valence-electron chi connectivity index (χ2n) is 3.18. The highest BCUT2D eigenvalue weighted by molar-refractivity contribution is 7.89. The van der Waals surface area contributed by atoms with Gasteiger partial charge in [-0.05, 0) is 30.7 Å². The maximum atomic E-state index is 11.7. The Labute approximate surface area is 99.5 Å². The summed E-state index contributed by atoms with van der Waals surface area (Å²) in [5, 5.41) is 0.532. The third-order valence-corrected chi connectivity index (χ3v) is 3.83. The lowest BCUT2D eigenvalue weighted by molar-refractivity contribution is 0.143. The molecule has 0 aromatic heterocycles. The van der Waals surface area contributed by atoms with E-state index < -0.39 is 10.0 Å². The Hall–Kier alpha value is -0.660. The van der Waals surface area contributed by atoms with Crippen molar-refractivity contribution in [2.45, 2.75) is 11.8 Å². The lowest BCUT2D eigenvalue weighted by atomic mass is 10.2. The van der Waals surface area contributed by atoms with Crippen LogP contribution in [0.25, 0.3) is 0 Å². The third kappa shape index (κ3) is 3.43.